The fraction of sp³-hybridized carbons (Fsp3) is 0.167. The molecule has 1 amide bonds. The highest BCUT2D eigenvalue weighted by Gasteiger charge is 2.08. The molecule has 0 saturated carbocycles. The Morgan fingerprint density at radius 3 is 2.00 bits per heavy atom. The van der Waals surface area contributed by atoms with Crippen LogP contribution in [0.4, 0.5) is 11.4 Å². The zero-order valence-electron chi connectivity index (χ0n) is 22.0. The van der Waals surface area contributed by atoms with Crippen molar-refractivity contribution in [1.82, 2.24) is 9.97 Å². The number of amides is 1. The van der Waals surface area contributed by atoms with Crippen LogP contribution < -0.4 is 10.6 Å². The summed E-state index contributed by atoms with van der Waals surface area (Å²) in [6.45, 7) is 0.447. The van der Waals surface area contributed by atoms with Crippen molar-refractivity contribution in [1.29, 1.82) is 0 Å². The fourth-order valence-corrected chi connectivity index (χ4v) is 4.49. The number of nitrogens with one attached hydrogen (secondary N) is 2. The Hall–Kier alpha value is -4.70. The molecule has 10 heteroatoms. The quantitative estimate of drug-likeness (QED) is 0.189. The van der Waals surface area contributed by atoms with Crippen LogP contribution in [0.2, 0.25) is 0 Å². The Morgan fingerprint density at radius 2 is 1.38 bits per heavy atom. The van der Waals surface area contributed by atoms with Gasteiger partial charge in [0.2, 0.25) is 5.91 Å². The number of hydrogen-bond acceptors (Lipinski definition) is 9. The van der Waals surface area contributed by atoms with Gasteiger partial charge in [0, 0.05) is 41.9 Å². The SMILES string of the molecule is COC(=O)c1ccc(Cc2nccc(Sc3ccc(NC(=O)CCNc4ccc(C(=O)OC)cc4)cc3)n2)cc1. The van der Waals surface area contributed by atoms with Crippen molar-refractivity contribution in [3.05, 3.63) is 108 Å². The van der Waals surface area contributed by atoms with E-state index in [0.717, 1.165) is 21.2 Å². The summed E-state index contributed by atoms with van der Waals surface area (Å²) >= 11 is 1.50. The van der Waals surface area contributed by atoms with Gasteiger partial charge in [-0.15, -0.1) is 0 Å². The van der Waals surface area contributed by atoms with Gasteiger partial charge in [-0.25, -0.2) is 19.6 Å². The maximum atomic E-state index is 12.4. The van der Waals surface area contributed by atoms with Crippen LogP contribution in [-0.4, -0.2) is 48.6 Å². The molecule has 4 rings (SSSR count). The van der Waals surface area contributed by atoms with Gasteiger partial charge in [-0.3, -0.25) is 4.79 Å². The maximum absolute atomic E-state index is 12.4. The van der Waals surface area contributed by atoms with E-state index in [0.29, 0.717) is 35.6 Å². The van der Waals surface area contributed by atoms with Gasteiger partial charge in [0.1, 0.15) is 10.9 Å². The summed E-state index contributed by atoms with van der Waals surface area (Å²) in [5.41, 5.74) is 3.47. The largest absolute Gasteiger partial charge is 0.465 e. The van der Waals surface area contributed by atoms with Crippen LogP contribution in [0, 0.1) is 0 Å². The third kappa shape index (κ3) is 8.15. The van der Waals surface area contributed by atoms with Crippen LogP contribution >= 0.6 is 11.8 Å². The van der Waals surface area contributed by atoms with Gasteiger partial charge in [0.15, 0.2) is 0 Å². The molecule has 0 aliphatic carbocycles. The number of ether oxygens (including phenoxy) is 2. The summed E-state index contributed by atoms with van der Waals surface area (Å²) in [5.74, 6) is -0.200. The Morgan fingerprint density at radius 1 is 0.775 bits per heavy atom. The number of benzene rings is 3. The van der Waals surface area contributed by atoms with Crippen LogP contribution in [0.15, 0.2) is 95.0 Å². The maximum Gasteiger partial charge on any atom is 0.337 e. The van der Waals surface area contributed by atoms with Crippen LogP contribution in [0.25, 0.3) is 0 Å². The average Bonchev–Trinajstić information content (AvgIpc) is 2.98. The first kappa shape index (κ1) is 28.3. The van der Waals surface area contributed by atoms with E-state index in [4.69, 9.17) is 4.74 Å². The molecule has 0 saturated heterocycles. The van der Waals surface area contributed by atoms with E-state index in [1.807, 2.05) is 42.5 Å². The number of aromatic nitrogens is 2. The normalized spacial score (nSPS) is 10.4. The number of rotatable bonds is 11. The third-order valence-electron chi connectivity index (χ3n) is 5.76. The monoisotopic (exact) mass is 556 g/mol. The number of nitrogens with zero attached hydrogens (tertiary/aromatic N) is 2. The van der Waals surface area contributed by atoms with E-state index in [2.05, 4.69) is 25.3 Å². The Kier molecular flexibility index (Phi) is 9.84. The summed E-state index contributed by atoms with van der Waals surface area (Å²) in [7, 11) is 2.70. The molecule has 1 heterocycles. The number of methoxy groups -OCH3 is 2. The molecule has 0 radical (unpaired) electrons. The first-order chi connectivity index (χ1) is 19.4. The second kappa shape index (κ2) is 13.9. The van der Waals surface area contributed by atoms with Gasteiger partial charge in [0.25, 0.3) is 0 Å². The molecular formula is C30H28N4O5S. The molecule has 2 N–H and O–H groups in total. The predicted molar refractivity (Wildman–Crippen MR) is 153 cm³/mol. The Bertz CT molecular complexity index is 1460. The zero-order valence-corrected chi connectivity index (χ0v) is 22.9. The van der Waals surface area contributed by atoms with Gasteiger partial charge in [-0.1, -0.05) is 23.9 Å². The number of carbonyl (C=O) groups is 3. The van der Waals surface area contributed by atoms with E-state index >= 15 is 0 Å². The molecule has 0 unspecified atom stereocenters. The van der Waals surface area contributed by atoms with E-state index in [-0.39, 0.29) is 18.3 Å². The number of hydrogen-bond donors (Lipinski definition) is 2. The third-order valence-corrected chi connectivity index (χ3v) is 6.71. The minimum atomic E-state index is -0.391. The van der Waals surface area contributed by atoms with Crippen molar-refractivity contribution in [2.75, 3.05) is 31.4 Å². The molecule has 0 aliphatic rings. The summed E-state index contributed by atoms with van der Waals surface area (Å²) in [6.07, 6.45) is 2.54. The highest BCUT2D eigenvalue weighted by atomic mass is 32.2. The van der Waals surface area contributed by atoms with Crippen molar-refractivity contribution >= 4 is 41.0 Å². The number of carbonyl (C=O) groups excluding carboxylic acids is 3. The van der Waals surface area contributed by atoms with Crippen molar-refractivity contribution < 1.29 is 23.9 Å². The van der Waals surface area contributed by atoms with Crippen LogP contribution in [0.1, 0.15) is 38.5 Å². The van der Waals surface area contributed by atoms with Gasteiger partial charge < -0.3 is 20.1 Å². The highest BCUT2D eigenvalue weighted by molar-refractivity contribution is 7.99. The molecule has 3 aromatic carbocycles. The lowest BCUT2D eigenvalue weighted by Gasteiger charge is -2.09. The first-order valence-electron chi connectivity index (χ1n) is 12.4. The zero-order chi connectivity index (χ0) is 28.3. The molecule has 0 aliphatic heterocycles. The lowest BCUT2D eigenvalue weighted by Crippen LogP contribution is -2.16. The fourth-order valence-electron chi connectivity index (χ4n) is 3.69. The van der Waals surface area contributed by atoms with E-state index in [1.165, 1.54) is 26.0 Å². The Balaban J connectivity index is 1.24. The van der Waals surface area contributed by atoms with E-state index < -0.39 is 5.97 Å². The molecule has 204 valence electrons. The smallest absolute Gasteiger partial charge is 0.337 e. The molecule has 0 atom stereocenters. The molecule has 0 fully saturated rings. The molecular weight excluding hydrogens is 528 g/mol. The van der Waals surface area contributed by atoms with Crippen molar-refractivity contribution in [3.8, 4) is 0 Å². The first-order valence-corrected chi connectivity index (χ1v) is 13.2. The average molecular weight is 557 g/mol. The minimum Gasteiger partial charge on any atom is -0.465 e. The molecule has 1 aromatic heterocycles. The molecule has 0 spiro atoms. The second-order valence-corrected chi connectivity index (χ2v) is 9.69. The van der Waals surface area contributed by atoms with E-state index in [9.17, 15) is 14.4 Å². The van der Waals surface area contributed by atoms with E-state index in [1.54, 1.807) is 42.6 Å². The van der Waals surface area contributed by atoms with Crippen LogP contribution in [-0.2, 0) is 20.7 Å². The topological polar surface area (TPSA) is 120 Å². The highest BCUT2D eigenvalue weighted by Crippen LogP contribution is 2.27. The van der Waals surface area contributed by atoms with Crippen molar-refractivity contribution in [2.45, 2.75) is 22.8 Å². The number of anilines is 2. The molecule has 9 nitrogen and oxygen atoms in total. The summed E-state index contributed by atoms with van der Waals surface area (Å²) in [5, 5.41) is 6.87. The van der Waals surface area contributed by atoms with Gasteiger partial charge in [-0.05, 0) is 72.3 Å². The van der Waals surface area contributed by atoms with Crippen molar-refractivity contribution in [2.24, 2.45) is 0 Å². The summed E-state index contributed by atoms with van der Waals surface area (Å²) in [4.78, 5) is 45.5. The minimum absolute atomic E-state index is 0.112. The second-order valence-electron chi connectivity index (χ2n) is 8.60. The lowest BCUT2D eigenvalue weighted by atomic mass is 10.1. The van der Waals surface area contributed by atoms with Gasteiger partial charge in [-0.2, -0.15) is 0 Å². The summed E-state index contributed by atoms with van der Waals surface area (Å²) in [6, 6.07) is 23.5. The van der Waals surface area contributed by atoms with Gasteiger partial charge >= 0.3 is 11.9 Å². The lowest BCUT2D eigenvalue weighted by molar-refractivity contribution is -0.115. The summed E-state index contributed by atoms with van der Waals surface area (Å²) < 4.78 is 9.42. The van der Waals surface area contributed by atoms with Crippen LogP contribution in [0.3, 0.4) is 0 Å². The Labute approximate surface area is 236 Å². The molecule has 4 aromatic rings. The van der Waals surface area contributed by atoms with Crippen LogP contribution in [0.5, 0.6) is 0 Å². The molecule has 0 bridgehead atoms. The van der Waals surface area contributed by atoms with Gasteiger partial charge in [0.05, 0.1) is 25.3 Å². The number of esters is 2. The standard InChI is InChI=1S/C30H28N4O5S/c1-38-29(36)21-5-3-20(4-6-21)19-26-32-18-16-28(34-26)40-25-13-11-24(12-14-25)33-27(35)15-17-31-23-9-7-22(8-10-23)30(37)39-2/h3-14,16,18,31H,15,17,19H2,1-2H3,(H,33,35). The molecule has 40 heavy (non-hydrogen) atoms. The predicted octanol–water partition coefficient (Wildman–Crippen LogP) is 5.23. The van der Waals surface area contributed by atoms with Crippen molar-refractivity contribution in [3.63, 3.8) is 0 Å².